The first-order chi connectivity index (χ1) is 8.24. The van der Waals surface area contributed by atoms with E-state index in [4.69, 9.17) is 0 Å². The van der Waals surface area contributed by atoms with Crippen LogP contribution >= 0.6 is 0 Å². The van der Waals surface area contributed by atoms with Crippen molar-refractivity contribution in [3.63, 3.8) is 0 Å². The summed E-state index contributed by atoms with van der Waals surface area (Å²) in [5.41, 5.74) is 0. The Balaban J connectivity index is -0.0000000221. The molecule has 0 saturated carbocycles. The molecule has 0 aliphatic rings. The summed E-state index contributed by atoms with van der Waals surface area (Å²) in [4.78, 5) is 0. The molecule has 0 bridgehead atoms. The molecule has 106 valence electrons. The van der Waals surface area contributed by atoms with Gasteiger partial charge in [0.15, 0.2) is 0 Å². The van der Waals surface area contributed by atoms with Gasteiger partial charge in [0.05, 0.1) is 0 Å². The summed E-state index contributed by atoms with van der Waals surface area (Å²) in [6.45, 7) is 24.0. The molecule has 0 heterocycles. The van der Waals surface area contributed by atoms with Crippen molar-refractivity contribution >= 4 is 0 Å². The Morgan fingerprint density at radius 1 is 0.882 bits per heavy atom. The summed E-state index contributed by atoms with van der Waals surface area (Å²) in [6.07, 6.45) is 11.2. The molecule has 0 aliphatic carbocycles. The third-order valence-corrected chi connectivity index (χ3v) is 0.833. The highest BCUT2D eigenvalue weighted by molar-refractivity contribution is 4.73. The molecule has 0 heteroatoms. The molecule has 0 aliphatic heterocycles. The molecule has 0 aromatic rings. The predicted molar refractivity (Wildman–Crippen MR) is 89.5 cm³/mol. The highest BCUT2D eigenvalue weighted by Crippen LogP contribution is 1.76. The summed E-state index contributed by atoms with van der Waals surface area (Å²) in [5, 5.41) is 0. The van der Waals surface area contributed by atoms with Crippen LogP contribution in [0.2, 0.25) is 0 Å². The van der Waals surface area contributed by atoms with Gasteiger partial charge in [0.25, 0.3) is 0 Å². The monoisotopic (exact) mass is 242 g/mol. The van der Waals surface area contributed by atoms with Gasteiger partial charge in [-0.15, -0.1) is 25.5 Å². The van der Waals surface area contributed by atoms with Crippen molar-refractivity contribution in [3.05, 3.63) is 25.3 Å². The predicted octanol–water partition coefficient (Wildman–Crippen LogP) is 6.88. The molecule has 0 aromatic carbocycles. The number of rotatable bonds is 1. The fourth-order valence-electron chi connectivity index (χ4n) is 0. The zero-order valence-electron chi connectivity index (χ0n) is 14.1. The first kappa shape index (κ1) is 36.0. The number of unbranched alkanes of at least 4 members (excludes halogenated alkanes) is 1. The Hall–Kier alpha value is -0.960. The van der Waals surface area contributed by atoms with Crippen molar-refractivity contribution in [2.75, 3.05) is 0 Å². The number of terminal acetylenes is 1. The van der Waals surface area contributed by atoms with E-state index >= 15 is 0 Å². The van der Waals surface area contributed by atoms with E-state index in [-0.39, 0.29) is 0 Å². The molecule has 0 fully saturated rings. The molecular weight excluding hydrogens is 204 g/mol. The maximum absolute atomic E-state index is 4.60. The van der Waals surface area contributed by atoms with Crippen LogP contribution in [0.15, 0.2) is 25.3 Å². The van der Waals surface area contributed by atoms with Gasteiger partial charge in [0.2, 0.25) is 0 Å². The summed E-state index contributed by atoms with van der Waals surface area (Å²) >= 11 is 0. The second kappa shape index (κ2) is 182. The fourth-order valence-corrected chi connectivity index (χ4v) is 0. The minimum Gasteiger partial charge on any atom is -0.120 e. The van der Waals surface area contributed by atoms with Crippen molar-refractivity contribution in [2.45, 2.75) is 75.2 Å². The van der Waals surface area contributed by atoms with Crippen molar-refractivity contribution in [1.82, 2.24) is 0 Å². The van der Waals surface area contributed by atoms with Gasteiger partial charge in [-0.2, -0.15) is 0 Å². The Kier molecular flexibility index (Phi) is 385. The van der Waals surface area contributed by atoms with Gasteiger partial charge < -0.3 is 0 Å². The molecule has 0 nitrogen and oxygen atoms in total. The minimum absolute atomic E-state index is 1.32. The maximum Gasteiger partial charge on any atom is -0.00297 e. The molecule has 17 heavy (non-hydrogen) atoms. The van der Waals surface area contributed by atoms with Crippen LogP contribution in [0.25, 0.3) is 0 Å². The minimum atomic E-state index is 1.32. The maximum atomic E-state index is 4.60. The molecule has 0 amide bonds. The standard InChI is InChI=1S/C4H10.C4H8.C3H4.2C2H6.C2H4/c2*1-3-4-2;1-3-2;3*1-2/h3-4H2,1-2H3;3-4H,1-2H3;1H,2H3;2*1-2H3;1-2H2/b;4-3-;;;;. The van der Waals surface area contributed by atoms with E-state index in [1.54, 1.807) is 6.92 Å². The highest BCUT2D eigenvalue weighted by Gasteiger charge is 1.56. The molecule has 0 radical (unpaired) electrons. The van der Waals surface area contributed by atoms with Crippen LogP contribution in [0.3, 0.4) is 0 Å². The van der Waals surface area contributed by atoms with E-state index in [1.807, 2.05) is 53.7 Å². The van der Waals surface area contributed by atoms with Gasteiger partial charge in [-0.1, -0.05) is 66.5 Å². The second-order valence-electron chi connectivity index (χ2n) is 1.96. The molecule has 0 aromatic heterocycles. The molecule has 0 N–H and O–H groups in total. The van der Waals surface area contributed by atoms with E-state index in [9.17, 15) is 0 Å². The van der Waals surface area contributed by atoms with Crippen molar-refractivity contribution in [2.24, 2.45) is 0 Å². The molecule has 0 spiro atoms. The fraction of sp³-hybridized carbons (Fsp3) is 0.647. The lowest BCUT2D eigenvalue weighted by molar-refractivity contribution is 0.886. The smallest absolute Gasteiger partial charge is 0.00297 e. The van der Waals surface area contributed by atoms with Gasteiger partial charge >= 0.3 is 0 Å². The van der Waals surface area contributed by atoms with Crippen molar-refractivity contribution in [3.8, 4) is 12.3 Å². The Morgan fingerprint density at radius 2 is 1.00 bits per heavy atom. The lowest BCUT2D eigenvalue weighted by Crippen LogP contribution is -1.47. The summed E-state index contributed by atoms with van der Waals surface area (Å²) in [5.74, 6) is 2.25. The van der Waals surface area contributed by atoms with Crippen LogP contribution in [-0.4, -0.2) is 0 Å². The summed E-state index contributed by atoms with van der Waals surface area (Å²) < 4.78 is 0. The zero-order valence-corrected chi connectivity index (χ0v) is 14.1. The van der Waals surface area contributed by atoms with E-state index in [0.717, 1.165) is 0 Å². The van der Waals surface area contributed by atoms with E-state index in [1.165, 1.54) is 12.8 Å². The SMILES string of the molecule is C#CC.C/C=C\C.C=C.CC.CC.CCCC. The zero-order chi connectivity index (χ0) is 15.5. The topological polar surface area (TPSA) is 0 Å². The molecule has 0 unspecified atom stereocenters. The Morgan fingerprint density at radius 3 is 1.00 bits per heavy atom. The van der Waals surface area contributed by atoms with Gasteiger partial charge in [-0.25, -0.2) is 0 Å². The lowest BCUT2D eigenvalue weighted by Gasteiger charge is -1.68. The van der Waals surface area contributed by atoms with Crippen molar-refractivity contribution < 1.29 is 0 Å². The average molecular weight is 242 g/mol. The molecule has 0 saturated heterocycles. The summed E-state index contributed by atoms with van der Waals surface area (Å²) in [7, 11) is 0. The van der Waals surface area contributed by atoms with E-state index < -0.39 is 0 Å². The van der Waals surface area contributed by atoms with Crippen LogP contribution in [0.1, 0.15) is 75.2 Å². The first-order valence-electron chi connectivity index (χ1n) is 6.69. The van der Waals surface area contributed by atoms with Gasteiger partial charge in [-0.05, 0) is 20.8 Å². The third-order valence-electron chi connectivity index (χ3n) is 0.833. The third kappa shape index (κ3) is 2360. The molecule has 0 atom stereocenters. The number of allylic oxidation sites excluding steroid dienone is 2. The quantitative estimate of drug-likeness (QED) is 0.347. The molecular formula is C17H38. The van der Waals surface area contributed by atoms with Crippen LogP contribution in [0.5, 0.6) is 0 Å². The van der Waals surface area contributed by atoms with Crippen LogP contribution < -0.4 is 0 Å². The largest absolute Gasteiger partial charge is 0.120 e. The first-order valence-corrected chi connectivity index (χ1v) is 6.69. The van der Waals surface area contributed by atoms with Gasteiger partial charge in [-0.3, -0.25) is 0 Å². The van der Waals surface area contributed by atoms with Gasteiger partial charge in [0.1, 0.15) is 0 Å². The lowest BCUT2D eigenvalue weighted by atomic mass is 10.4. The van der Waals surface area contributed by atoms with Crippen LogP contribution in [0.4, 0.5) is 0 Å². The Bertz CT molecular complexity index is 87.1. The van der Waals surface area contributed by atoms with E-state index in [0.29, 0.717) is 0 Å². The van der Waals surface area contributed by atoms with Crippen LogP contribution in [0, 0.1) is 12.3 Å². The second-order valence-corrected chi connectivity index (χ2v) is 1.96. The van der Waals surface area contributed by atoms with Crippen LogP contribution in [-0.2, 0) is 0 Å². The number of hydrogen-bond acceptors (Lipinski definition) is 0. The van der Waals surface area contributed by atoms with Gasteiger partial charge in [0, 0.05) is 0 Å². The Labute approximate surface area is 113 Å². The average Bonchev–Trinajstić information content (AvgIpc) is 2.46. The normalized spacial score (nSPS) is 5.41. The highest BCUT2D eigenvalue weighted by atomic mass is 13.6. The summed E-state index contributed by atoms with van der Waals surface area (Å²) in [6, 6.07) is 0. The van der Waals surface area contributed by atoms with Crippen molar-refractivity contribution in [1.29, 1.82) is 0 Å². The number of hydrogen-bond donors (Lipinski definition) is 0. The van der Waals surface area contributed by atoms with E-state index in [2.05, 4.69) is 39.3 Å². The molecule has 0 rings (SSSR count).